The molecule has 2 aromatic rings. The SMILES string of the molecule is CC(C)OC(=O)N(CCOC(=O)Nc1ccccc1)CCOC(=O)Nc1ccccc1. The molecule has 31 heavy (non-hydrogen) atoms. The van der Waals surface area contributed by atoms with Crippen molar-refractivity contribution in [2.75, 3.05) is 36.9 Å². The number of para-hydroxylation sites is 2. The van der Waals surface area contributed by atoms with Crippen molar-refractivity contribution in [3.8, 4) is 0 Å². The highest BCUT2D eigenvalue weighted by atomic mass is 16.6. The highest BCUT2D eigenvalue weighted by Crippen LogP contribution is 2.07. The van der Waals surface area contributed by atoms with E-state index in [0.29, 0.717) is 11.4 Å². The first-order valence-electron chi connectivity index (χ1n) is 9.87. The summed E-state index contributed by atoms with van der Waals surface area (Å²) in [6.45, 7) is 3.51. The number of carbonyl (C=O) groups is 3. The summed E-state index contributed by atoms with van der Waals surface area (Å²) in [5, 5.41) is 5.17. The second-order valence-corrected chi connectivity index (χ2v) is 6.67. The van der Waals surface area contributed by atoms with Gasteiger partial charge in [-0.25, -0.2) is 14.4 Å². The van der Waals surface area contributed by atoms with E-state index >= 15 is 0 Å². The van der Waals surface area contributed by atoms with Crippen molar-refractivity contribution >= 4 is 29.7 Å². The summed E-state index contributed by atoms with van der Waals surface area (Å²) in [7, 11) is 0. The van der Waals surface area contributed by atoms with Crippen LogP contribution in [0, 0.1) is 0 Å². The zero-order valence-electron chi connectivity index (χ0n) is 17.6. The Hall–Kier alpha value is -3.75. The minimum atomic E-state index is -0.637. The summed E-state index contributed by atoms with van der Waals surface area (Å²) in [6, 6.07) is 17.7. The van der Waals surface area contributed by atoms with Crippen LogP contribution in [0.2, 0.25) is 0 Å². The van der Waals surface area contributed by atoms with E-state index < -0.39 is 18.3 Å². The van der Waals surface area contributed by atoms with E-state index in [1.54, 1.807) is 62.4 Å². The van der Waals surface area contributed by atoms with Crippen LogP contribution in [0.5, 0.6) is 0 Å². The molecule has 166 valence electrons. The average molecular weight is 429 g/mol. The lowest BCUT2D eigenvalue weighted by Gasteiger charge is -2.23. The van der Waals surface area contributed by atoms with Crippen LogP contribution in [0.25, 0.3) is 0 Å². The van der Waals surface area contributed by atoms with Crippen LogP contribution >= 0.6 is 0 Å². The summed E-state index contributed by atoms with van der Waals surface area (Å²) in [5.41, 5.74) is 1.20. The molecule has 2 N–H and O–H groups in total. The molecule has 0 aliphatic carbocycles. The van der Waals surface area contributed by atoms with Gasteiger partial charge in [0.15, 0.2) is 0 Å². The molecule has 9 heteroatoms. The minimum absolute atomic E-state index is 0.0535. The lowest BCUT2D eigenvalue weighted by atomic mass is 10.3. The van der Waals surface area contributed by atoms with Crippen LogP contribution in [0.1, 0.15) is 13.8 Å². The van der Waals surface area contributed by atoms with E-state index in [1.165, 1.54) is 4.90 Å². The van der Waals surface area contributed by atoms with Crippen molar-refractivity contribution in [3.05, 3.63) is 60.7 Å². The third kappa shape index (κ3) is 9.53. The first-order valence-corrected chi connectivity index (χ1v) is 9.87. The van der Waals surface area contributed by atoms with Crippen molar-refractivity contribution in [1.82, 2.24) is 4.90 Å². The van der Waals surface area contributed by atoms with Crippen LogP contribution in [0.15, 0.2) is 60.7 Å². The number of hydrogen-bond acceptors (Lipinski definition) is 6. The number of amides is 3. The summed E-state index contributed by atoms with van der Waals surface area (Å²) in [6.07, 6.45) is -2.18. The summed E-state index contributed by atoms with van der Waals surface area (Å²) in [5.74, 6) is 0. The third-order valence-corrected chi connectivity index (χ3v) is 3.82. The standard InChI is InChI=1S/C22H27N3O6/c1-17(2)31-22(28)25(13-15-29-20(26)23-18-9-5-3-6-10-18)14-16-30-21(27)24-19-11-7-4-8-12-19/h3-12,17H,13-16H2,1-2H3,(H,23,26)(H,24,27). The maximum absolute atomic E-state index is 12.3. The van der Waals surface area contributed by atoms with Gasteiger partial charge in [-0.2, -0.15) is 0 Å². The number of nitrogens with zero attached hydrogens (tertiary/aromatic N) is 1. The quantitative estimate of drug-likeness (QED) is 0.575. The fraction of sp³-hybridized carbons (Fsp3) is 0.318. The van der Waals surface area contributed by atoms with Gasteiger partial charge in [-0.15, -0.1) is 0 Å². The molecule has 0 spiro atoms. The maximum Gasteiger partial charge on any atom is 0.411 e. The molecule has 0 heterocycles. The van der Waals surface area contributed by atoms with E-state index in [2.05, 4.69) is 10.6 Å². The molecule has 0 aromatic heterocycles. The molecular formula is C22H27N3O6. The van der Waals surface area contributed by atoms with E-state index in [0.717, 1.165) is 0 Å². The first kappa shape index (κ1) is 23.5. The van der Waals surface area contributed by atoms with Crippen molar-refractivity contribution in [3.63, 3.8) is 0 Å². The van der Waals surface area contributed by atoms with Gasteiger partial charge in [-0.05, 0) is 38.1 Å². The Bertz CT molecular complexity index is 770. The predicted octanol–water partition coefficient (Wildman–Crippen LogP) is 4.33. The molecule has 0 aliphatic rings. The Morgan fingerprint density at radius 1 is 0.774 bits per heavy atom. The second kappa shape index (κ2) is 12.7. The Morgan fingerprint density at radius 2 is 1.19 bits per heavy atom. The number of anilines is 2. The van der Waals surface area contributed by atoms with Gasteiger partial charge in [0.25, 0.3) is 0 Å². The fourth-order valence-electron chi connectivity index (χ4n) is 2.42. The van der Waals surface area contributed by atoms with Crippen molar-refractivity contribution in [2.24, 2.45) is 0 Å². The monoisotopic (exact) mass is 429 g/mol. The van der Waals surface area contributed by atoms with Gasteiger partial charge >= 0.3 is 18.3 Å². The number of ether oxygens (including phenoxy) is 3. The summed E-state index contributed by atoms with van der Waals surface area (Å²) >= 11 is 0. The highest BCUT2D eigenvalue weighted by Gasteiger charge is 2.18. The molecule has 2 aromatic carbocycles. The van der Waals surface area contributed by atoms with E-state index in [9.17, 15) is 14.4 Å². The van der Waals surface area contributed by atoms with Crippen molar-refractivity contribution < 1.29 is 28.6 Å². The molecule has 9 nitrogen and oxygen atoms in total. The van der Waals surface area contributed by atoms with Gasteiger partial charge in [-0.3, -0.25) is 10.6 Å². The largest absolute Gasteiger partial charge is 0.447 e. The van der Waals surface area contributed by atoms with Gasteiger partial charge in [-0.1, -0.05) is 36.4 Å². The third-order valence-electron chi connectivity index (χ3n) is 3.82. The number of benzene rings is 2. The topological polar surface area (TPSA) is 106 Å². The van der Waals surface area contributed by atoms with Crippen LogP contribution in [0.4, 0.5) is 25.8 Å². The van der Waals surface area contributed by atoms with Crippen LogP contribution < -0.4 is 10.6 Å². The van der Waals surface area contributed by atoms with E-state index in [1.807, 2.05) is 12.1 Å². The molecule has 0 saturated heterocycles. The van der Waals surface area contributed by atoms with Gasteiger partial charge in [0.05, 0.1) is 19.2 Å². The zero-order valence-corrected chi connectivity index (χ0v) is 17.6. The Balaban J connectivity index is 1.77. The molecular weight excluding hydrogens is 402 g/mol. The average Bonchev–Trinajstić information content (AvgIpc) is 2.73. The van der Waals surface area contributed by atoms with Crippen LogP contribution in [0.3, 0.4) is 0 Å². The first-order chi connectivity index (χ1) is 14.9. The van der Waals surface area contributed by atoms with Gasteiger partial charge < -0.3 is 19.1 Å². The van der Waals surface area contributed by atoms with Gasteiger partial charge in [0.2, 0.25) is 0 Å². The van der Waals surface area contributed by atoms with E-state index in [-0.39, 0.29) is 32.4 Å². The zero-order chi connectivity index (χ0) is 22.5. The molecule has 0 fully saturated rings. The molecule has 0 saturated carbocycles. The minimum Gasteiger partial charge on any atom is -0.447 e. The molecule has 2 rings (SSSR count). The second-order valence-electron chi connectivity index (χ2n) is 6.67. The van der Waals surface area contributed by atoms with Crippen LogP contribution in [-0.2, 0) is 14.2 Å². The van der Waals surface area contributed by atoms with Gasteiger partial charge in [0, 0.05) is 11.4 Å². The van der Waals surface area contributed by atoms with E-state index in [4.69, 9.17) is 14.2 Å². The molecule has 0 aliphatic heterocycles. The summed E-state index contributed by atoms with van der Waals surface area (Å²) < 4.78 is 15.4. The fourth-order valence-corrected chi connectivity index (χ4v) is 2.42. The van der Waals surface area contributed by atoms with Gasteiger partial charge in [0.1, 0.15) is 13.2 Å². The molecule has 0 atom stereocenters. The number of carbonyl (C=O) groups excluding carboxylic acids is 3. The lowest BCUT2D eigenvalue weighted by Crippen LogP contribution is -2.39. The lowest BCUT2D eigenvalue weighted by molar-refractivity contribution is 0.0600. The predicted molar refractivity (Wildman–Crippen MR) is 116 cm³/mol. The number of rotatable bonds is 9. The highest BCUT2D eigenvalue weighted by molar-refractivity contribution is 5.85. The summed E-state index contributed by atoms with van der Waals surface area (Å²) in [4.78, 5) is 37.3. The number of hydrogen-bond donors (Lipinski definition) is 2. The Morgan fingerprint density at radius 3 is 1.58 bits per heavy atom. The molecule has 0 radical (unpaired) electrons. The molecule has 0 unspecified atom stereocenters. The number of nitrogens with one attached hydrogen (secondary N) is 2. The molecule has 0 bridgehead atoms. The Labute approximate surface area is 181 Å². The Kier molecular flexibility index (Phi) is 9.67. The van der Waals surface area contributed by atoms with Crippen molar-refractivity contribution in [2.45, 2.75) is 20.0 Å². The molecule has 3 amide bonds. The van der Waals surface area contributed by atoms with Crippen LogP contribution in [-0.4, -0.2) is 55.6 Å². The smallest absolute Gasteiger partial charge is 0.411 e. The maximum atomic E-state index is 12.3. The normalized spacial score (nSPS) is 10.2. The van der Waals surface area contributed by atoms with Crippen molar-refractivity contribution in [1.29, 1.82) is 0 Å².